The second-order valence-corrected chi connectivity index (χ2v) is 4.58. The molecule has 2 N–H and O–H groups in total. The monoisotopic (exact) mass is 258 g/mol. The van der Waals surface area contributed by atoms with Gasteiger partial charge in [-0.2, -0.15) is 0 Å². The van der Waals surface area contributed by atoms with Crippen LogP contribution in [0.2, 0.25) is 0 Å². The third kappa shape index (κ3) is 2.37. The first-order valence-corrected chi connectivity index (χ1v) is 6.21. The number of ether oxygens (including phenoxy) is 1. The molecule has 2 heterocycles. The van der Waals surface area contributed by atoms with E-state index in [0.29, 0.717) is 23.3 Å². The Labute approximate surface area is 110 Å². The molecule has 1 saturated heterocycles. The molecular formula is C14H14N2O3. The number of nitrogens with zero attached hydrogens (tertiary/aromatic N) is 1. The predicted molar refractivity (Wildman–Crippen MR) is 71.5 cm³/mol. The third-order valence-electron chi connectivity index (χ3n) is 3.23. The molecule has 5 heteroatoms. The van der Waals surface area contributed by atoms with Crippen LogP contribution in [0.4, 0.5) is 5.82 Å². The van der Waals surface area contributed by atoms with E-state index in [-0.39, 0.29) is 11.6 Å². The van der Waals surface area contributed by atoms with Crippen LogP contribution < -0.4 is 5.32 Å². The van der Waals surface area contributed by atoms with E-state index >= 15 is 0 Å². The van der Waals surface area contributed by atoms with Gasteiger partial charge in [-0.3, -0.25) is 0 Å². The van der Waals surface area contributed by atoms with Gasteiger partial charge in [-0.25, -0.2) is 9.78 Å². The Bertz CT molecular complexity index is 621. The van der Waals surface area contributed by atoms with Gasteiger partial charge >= 0.3 is 5.97 Å². The number of aromatic carboxylic acids is 1. The Morgan fingerprint density at radius 1 is 1.42 bits per heavy atom. The van der Waals surface area contributed by atoms with Gasteiger partial charge in [0, 0.05) is 12.0 Å². The van der Waals surface area contributed by atoms with Gasteiger partial charge in [-0.1, -0.05) is 18.2 Å². The summed E-state index contributed by atoms with van der Waals surface area (Å²) in [6.07, 6.45) is 0.914. The molecule has 0 amide bonds. The molecule has 0 radical (unpaired) electrons. The van der Waals surface area contributed by atoms with Gasteiger partial charge in [-0.15, -0.1) is 0 Å². The lowest BCUT2D eigenvalue weighted by Gasteiger charge is -2.13. The van der Waals surface area contributed by atoms with Crippen LogP contribution in [0.3, 0.4) is 0 Å². The Kier molecular flexibility index (Phi) is 3.05. The summed E-state index contributed by atoms with van der Waals surface area (Å²) in [5.74, 6) is -0.351. The quantitative estimate of drug-likeness (QED) is 0.882. The average molecular weight is 258 g/mol. The van der Waals surface area contributed by atoms with E-state index in [4.69, 9.17) is 4.74 Å². The summed E-state index contributed by atoms with van der Waals surface area (Å²) in [7, 11) is 0. The van der Waals surface area contributed by atoms with Gasteiger partial charge in [-0.05, 0) is 18.6 Å². The largest absolute Gasteiger partial charge is 0.478 e. The fourth-order valence-corrected chi connectivity index (χ4v) is 2.28. The maximum atomic E-state index is 11.3. The Morgan fingerprint density at radius 2 is 2.26 bits per heavy atom. The van der Waals surface area contributed by atoms with Crippen molar-refractivity contribution in [3.63, 3.8) is 0 Å². The number of anilines is 1. The first-order valence-electron chi connectivity index (χ1n) is 6.21. The van der Waals surface area contributed by atoms with Crippen molar-refractivity contribution in [2.75, 3.05) is 18.5 Å². The lowest BCUT2D eigenvalue weighted by atomic mass is 10.1. The molecule has 1 aliphatic heterocycles. The van der Waals surface area contributed by atoms with Crippen molar-refractivity contribution in [1.29, 1.82) is 0 Å². The van der Waals surface area contributed by atoms with Gasteiger partial charge in [0.05, 0.1) is 23.7 Å². The van der Waals surface area contributed by atoms with Crippen LogP contribution in [0.1, 0.15) is 16.8 Å². The third-order valence-corrected chi connectivity index (χ3v) is 3.23. The molecule has 1 aromatic carbocycles. The van der Waals surface area contributed by atoms with Crippen LogP contribution in [-0.4, -0.2) is 35.3 Å². The van der Waals surface area contributed by atoms with Crippen LogP contribution >= 0.6 is 0 Å². The van der Waals surface area contributed by atoms with Crippen LogP contribution in [-0.2, 0) is 4.74 Å². The van der Waals surface area contributed by atoms with E-state index in [9.17, 15) is 9.90 Å². The first-order chi connectivity index (χ1) is 9.24. The van der Waals surface area contributed by atoms with Gasteiger partial charge in [0.15, 0.2) is 0 Å². The van der Waals surface area contributed by atoms with Gasteiger partial charge in [0.1, 0.15) is 5.82 Å². The molecule has 1 unspecified atom stereocenters. The number of aromatic nitrogens is 1. The van der Waals surface area contributed by atoms with Crippen molar-refractivity contribution in [3.8, 4) is 0 Å². The number of para-hydroxylation sites is 1. The molecule has 0 bridgehead atoms. The maximum Gasteiger partial charge on any atom is 0.336 e. The normalized spacial score (nSPS) is 18.6. The fraction of sp³-hybridized carbons (Fsp3) is 0.286. The van der Waals surface area contributed by atoms with E-state index in [1.165, 1.54) is 0 Å². The van der Waals surface area contributed by atoms with Crippen molar-refractivity contribution in [1.82, 2.24) is 4.98 Å². The summed E-state index contributed by atoms with van der Waals surface area (Å²) in [5.41, 5.74) is 0.954. The van der Waals surface area contributed by atoms with Crippen molar-refractivity contribution >= 4 is 22.7 Å². The highest BCUT2D eigenvalue weighted by Gasteiger charge is 2.17. The van der Waals surface area contributed by atoms with Gasteiger partial charge in [0.2, 0.25) is 0 Å². The molecule has 1 aliphatic rings. The standard InChI is InChI=1S/C14H14N2O3/c17-14(18)11-7-13(15-9-5-6-19-8-9)16-12-4-2-1-3-10(11)12/h1-4,7,9H,5-6,8H2,(H,15,16)(H,17,18). The van der Waals surface area contributed by atoms with Crippen molar-refractivity contribution in [2.24, 2.45) is 0 Å². The lowest BCUT2D eigenvalue weighted by molar-refractivity contribution is 0.0699. The Morgan fingerprint density at radius 3 is 3.00 bits per heavy atom. The number of pyridine rings is 1. The Hall–Kier alpha value is -2.14. The predicted octanol–water partition coefficient (Wildman–Crippen LogP) is 2.13. The minimum absolute atomic E-state index is 0.204. The highest BCUT2D eigenvalue weighted by atomic mass is 16.5. The van der Waals surface area contributed by atoms with Crippen molar-refractivity contribution in [3.05, 3.63) is 35.9 Å². The molecule has 3 rings (SSSR count). The van der Waals surface area contributed by atoms with E-state index in [1.807, 2.05) is 18.2 Å². The number of nitrogens with one attached hydrogen (secondary N) is 1. The van der Waals surface area contributed by atoms with Crippen LogP contribution in [0, 0.1) is 0 Å². The summed E-state index contributed by atoms with van der Waals surface area (Å²) in [6, 6.07) is 9.04. The fourth-order valence-electron chi connectivity index (χ4n) is 2.28. The molecule has 0 saturated carbocycles. The molecule has 0 aliphatic carbocycles. The number of carboxylic acids is 1. The molecule has 5 nitrogen and oxygen atoms in total. The van der Waals surface area contributed by atoms with Gasteiger partial charge in [0.25, 0.3) is 0 Å². The Balaban J connectivity index is 2.02. The van der Waals surface area contributed by atoms with Crippen LogP contribution in [0.25, 0.3) is 10.9 Å². The number of carboxylic acid groups (broad SMARTS) is 1. The first kappa shape index (κ1) is 11.9. The second kappa shape index (κ2) is 4.85. The molecule has 98 valence electrons. The second-order valence-electron chi connectivity index (χ2n) is 4.58. The summed E-state index contributed by atoms with van der Waals surface area (Å²) in [4.78, 5) is 15.8. The molecule has 19 heavy (non-hydrogen) atoms. The van der Waals surface area contributed by atoms with Crippen molar-refractivity contribution in [2.45, 2.75) is 12.5 Å². The van der Waals surface area contributed by atoms with Crippen LogP contribution in [0.15, 0.2) is 30.3 Å². The highest BCUT2D eigenvalue weighted by molar-refractivity contribution is 6.03. The zero-order valence-corrected chi connectivity index (χ0v) is 10.3. The summed E-state index contributed by atoms with van der Waals surface area (Å²) >= 11 is 0. The number of fused-ring (bicyclic) bond motifs is 1. The number of carbonyl (C=O) groups is 1. The molecule has 0 spiro atoms. The van der Waals surface area contributed by atoms with E-state index in [1.54, 1.807) is 12.1 Å². The average Bonchev–Trinajstić information content (AvgIpc) is 2.90. The van der Waals surface area contributed by atoms with Crippen molar-refractivity contribution < 1.29 is 14.6 Å². The highest BCUT2D eigenvalue weighted by Crippen LogP contribution is 2.22. The zero-order chi connectivity index (χ0) is 13.2. The SMILES string of the molecule is O=C(O)c1cc(NC2CCOC2)nc2ccccc12. The minimum Gasteiger partial charge on any atom is -0.478 e. The van der Waals surface area contributed by atoms with E-state index < -0.39 is 5.97 Å². The zero-order valence-electron chi connectivity index (χ0n) is 10.3. The number of hydrogen-bond donors (Lipinski definition) is 2. The topological polar surface area (TPSA) is 71.5 Å². The summed E-state index contributed by atoms with van der Waals surface area (Å²) in [5, 5.41) is 13.2. The smallest absolute Gasteiger partial charge is 0.336 e. The molecule has 1 fully saturated rings. The van der Waals surface area contributed by atoms with Gasteiger partial charge < -0.3 is 15.2 Å². The molecule has 1 aromatic heterocycles. The van der Waals surface area contributed by atoms with Crippen LogP contribution in [0.5, 0.6) is 0 Å². The summed E-state index contributed by atoms with van der Waals surface area (Å²) in [6.45, 7) is 1.37. The number of hydrogen-bond acceptors (Lipinski definition) is 4. The minimum atomic E-state index is -0.940. The molecule has 2 aromatic rings. The lowest BCUT2D eigenvalue weighted by Crippen LogP contribution is -2.20. The van der Waals surface area contributed by atoms with E-state index in [2.05, 4.69) is 10.3 Å². The maximum absolute atomic E-state index is 11.3. The number of benzene rings is 1. The van der Waals surface area contributed by atoms with E-state index in [0.717, 1.165) is 13.0 Å². The summed E-state index contributed by atoms with van der Waals surface area (Å²) < 4.78 is 5.29. The number of rotatable bonds is 3. The molecular weight excluding hydrogens is 244 g/mol. The molecule has 1 atom stereocenters.